The molecule has 0 radical (unpaired) electrons. The lowest BCUT2D eigenvalue weighted by Gasteiger charge is -2.01. The lowest BCUT2D eigenvalue weighted by atomic mass is 10.1. The van der Waals surface area contributed by atoms with Gasteiger partial charge in [0.1, 0.15) is 0 Å². The second kappa shape index (κ2) is 6.57. The maximum Gasteiger partial charge on any atom is 0.197 e. The molecule has 0 aliphatic rings. The minimum Gasteiger partial charge on any atom is -0.354 e. The molecule has 0 saturated heterocycles. The predicted molar refractivity (Wildman–Crippen MR) is 104 cm³/mol. The maximum absolute atomic E-state index is 12.1. The number of nitrogens with one attached hydrogen (secondary N) is 1. The van der Waals surface area contributed by atoms with Crippen molar-refractivity contribution in [1.29, 1.82) is 0 Å². The number of aromatic amines is 1. The number of H-pyrrole nitrogens is 1. The number of para-hydroxylation sites is 3. The van der Waals surface area contributed by atoms with Crippen molar-refractivity contribution in [1.82, 2.24) is 9.97 Å². The number of aromatic nitrogens is 2. The van der Waals surface area contributed by atoms with Gasteiger partial charge in [0.2, 0.25) is 0 Å². The zero-order chi connectivity index (χ0) is 17.1. The van der Waals surface area contributed by atoms with E-state index >= 15 is 0 Å². The molecule has 120 valence electrons. The number of rotatable bonds is 0. The van der Waals surface area contributed by atoms with E-state index in [1.54, 1.807) is 0 Å². The Bertz CT molecular complexity index is 1100. The van der Waals surface area contributed by atoms with Crippen molar-refractivity contribution >= 4 is 32.7 Å². The predicted octanol–water partition coefficient (Wildman–Crippen LogP) is 4.92. The van der Waals surface area contributed by atoms with E-state index in [9.17, 15) is 4.79 Å². The van der Waals surface area contributed by atoms with Gasteiger partial charge in [-0.25, -0.2) is 0 Å². The van der Waals surface area contributed by atoms with Gasteiger partial charge in [0.05, 0.1) is 5.52 Å². The fraction of sp³-hybridized carbons (Fsp3) is 0. The van der Waals surface area contributed by atoms with Gasteiger partial charge >= 0.3 is 0 Å². The van der Waals surface area contributed by atoms with Crippen molar-refractivity contribution in [2.24, 2.45) is 0 Å². The molecule has 0 fully saturated rings. The Hall–Kier alpha value is -3.46. The van der Waals surface area contributed by atoms with Gasteiger partial charge in [-0.2, -0.15) is 0 Å². The first kappa shape index (κ1) is 15.1. The molecule has 0 aliphatic heterocycles. The van der Waals surface area contributed by atoms with E-state index in [0.717, 1.165) is 27.3 Å². The van der Waals surface area contributed by atoms with Crippen molar-refractivity contribution in [3.05, 3.63) is 101 Å². The van der Waals surface area contributed by atoms with E-state index in [0.29, 0.717) is 0 Å². The summed E-state index contributed by atoms with van der Waals surface area (Å²) in [5.74, 6) is 0. The zero-order valence-electron chi connectivity index (χ0n) is 13.5. The van der Waals surface area contributed by atoms with E-state index in [1.807, 2.05) is 79.0 Å². The van der Waals surface area contributed by atoms with Crippen molar-refractivity contribution in [3.63, 3.8) is 0 Å². The largest absolute Gasteiger partial charge is 0.354 e. The van der Waals surface area contributed by atoms with Crippen LogP contribution in [0.25, 0.3) is 32.7 Å². The third-order valence-electron chi connectivity index (χ3n) is 4.12. The summed E-state index contributed by atoms with van der Waals surface area (Å²) >= 11 is 0. The average molecular weight is 324 g/mol. The molecular weight excluding hydrogens is 308 g/mol. The molecule has 2 heterocycles. The summed E-state index contributed by atoms with van der Waals surface area (Å²) in [6.45, 7) is 0. The van der Waals surface area contributed by atoms with Crippen LogP contribution in [0.2, 0.25) is 0 Å². The highest BCUT2D eigenvalue weighted by molar-refractivity contribution is 5.92. The zero-order valence-corrected chi connectivity index (χ0v) is 13.5. The fourth-order valence-corrected chi connectivity index (χ4v) is 2.89. The standard InChI is InChI=1S/C13H9NO.C9H7N/c15-13-9-5-1-3-7-11(9)14-12-8-4-2-6-10(12)13;1-2-6-9-8(4-1)5-3-7-10-9/h1-8H,(H,14,15);1-7H. The van der Waals surface area contributed by atoms with Crippen LogP contribution in [0.1, 0.15) is 0 Å². The van der Waals surface area contributed by atoms with Crippen LogP contribution in [-0.4, -0.2) is 9.97 Å². The summed E-state index contributed by atoms with van der Waals surface area (Å²) in [6.07, 6.45) is 1.81. The molecule has 2 aromatic heterocycles. The highest BCUT2D eigenvalue weighted by Gasteiger charge is 2.02. The highest BCUT2D eigenvalue weighted by atomic mass is 16.1. The SMILES string of the molecule is O=c1c2ccccc2[nH]c2ccccc12.c1ccc2ncccc2c1. The van der Waals surface area contributed by atoms with Crippen LogP contribution in [0.5, 0.6) is 0 Å². The van der Waals surface area contributed by atoms with Crippen LogP contribution in [0, 0.1) is 0 Å². The van der Waals surface area contributed by atoms with E-state index < -0.39 is 0 Å². The smallest absolute Gasteiger partial charge is 0.197 e. The fourth-order valence-electron chi connectivity index (χ4n) is 2.89. The van der Waals surface area contributed by atoms with Crippen LogP contribution in [0.15, 0.2) is 95.9 Å². The molecule has 0 spiro atoms. The Kier molecular flexibility index (Phi) is 3.97. The molecule has 1 N–H and O–H groups in total. The first-order valence-electron chi connectivity index (χ1n) is 8.12. The molecule has 0 saturated carbocycles. The van der Waals surface area contributed by atoms with Gasteiger partial charge < -0.3 is 4.98 Å². The molecule has 0 bridgehead atoms. The van der Waals surface area contributed by atoms with Crippen molar-refractivity contribution < 1.29 is 0 Å². The number of fused-ring (bicyclic) bond motifs is 3. The minimum atomic E-state index is 0.0972. The van der Waals surface area contributed by atoms with Gasteiger partial charge in [-0.3, -0.25) is 9.78 Å². The Morgan fingerprint density at radius 2 is 1.20 bits per heavy atom. The van der Waals surface area contributed by atoms with Crippen LogP contribution < -0.4 is 5.43 Å². The Morgan fingerprint density at radius 3 is 1.88 bits per heavy atom. The second-order valence-electron chi connectivity index (χ2n) is 5.74. The maximum atomic E-state index is 12.1. The average Bonchev–Trinajstić information content (AvgIpc) is 2.69. The quantitative estimate of drug-likeness (QED) is 0.411. The number of nitrogens with zero attached hydrogens (tertiary/aromatic N) is 1. The van der Waals surface area contributed by atoms with Crippen molar-refractivity contribution in [3.8, 4) is 0 Å². The molecule has 3 nitrogen and oxygen atoms in total. The number of benzene rings is 3. The van der Waals surface area contributed by atoms with Crippen LogP contribution in [0.4, 0.5) is 0 Å². The van der Waals surface area contributed by atoms with Crippen LogP contribution in [-0.2, 0) is 0 Å². The molecule has 5 rings (SSSR count). The lowest BCUT2D eigenvalue weighted by molar-refractivity contribution is 1.41. The summed E-state index contributed by atoms with van der Waals surface area (Å²) < 4.78 is 0. The minimum absolute atomic E-state index is 0.0972. The molecule has 0 unspecified atom stereocenters. The van der Waals surface area contributed by atoms with Crippen molar-refractivity contribution in [2.75, 3.05) is 0 Å². The molecule has 25 heavy (non-hydrogen) atoms. The Morgan fingerprint density at radius 1 is 0.640 bits per heavy atom. The molecule has 3 heteroatoms. The molecular formula is C22H16N2O. The molecule has 0 aliphatic carbocycles. The van der Waals surface area contributed by atoms with E-state index in [4.69, 9.17) is 0 Å². The van der Waals surface area contributed by atoms with Crippen LogP contribution >= 0.6 is 0 Å². The molecule has 0 amide bonds. The summed E-state index contributed by atoms with van der Waals surface area (Å²) in [5, 5.41) is 2.69. The number of hydrogen-bond donors (Lipinski definition) is 1. The highest BCUT2D eigenvalue weighted by Crippen LogP contribution is 2.13. The topological polar surface area (TPSA) is 45.8 Å². The van der Waals surface area contributed by atoms with E-state index in [1.165, 1.54) is 5.39 Å². The van der Waals surface area contributed by atoms with Crippen LogP contribution in [0.3, 0.4) is 0 Å². The lowest BCUT2D eigenvalue weighted by Crippen LogP contribution is -2.03. The molecule has 0 atom stereocenters. The van der Waals surface area contributed by atoms with Gasteiger partial charge in [0, 0.05) is 33.4 Å². The number of hydrogen-bond acceptors (Lipinski definition) is 2. The van der Waals surface area contributed by atoms with Gasteiger partial charge in [0.25, 0.3) is 0 Å². The normalized spacial score (nSPS) is 10.6. The van der Waals surface area contributed by atoms with Gasteiger partial charge in [-0.05, 0) is 36.4 Å². The van der Waals surface area contributed by atoms with Gasteiger partial charge in [0.15, 0.2) is 5.43 Å². The summed E-state index contributed by atoms with van der Waals surface area (Å²) in [7, 11) is 0. The second-order valence-corrected chi connectivity index (χ2v) is 5.74. The molecule has 3 aromatic carbocycles. The summed E-state index contributed by atoms with van der Waals surface area (Å²) in [6, 6.07) is 27.2. The van der Waals surface area contributed by atoms with Gasteiger partial charge in [-0.15, -0.1) is 0 Å². The summed E-state index contributed by atoms with van der Waals surface area (Å²) in [4.78, 5) is 19.5. The summed E-state index contributed by atoms with van der Waals surface area (Å²) in [5.41, 5.74) is 2.94. The Labute approximate surface area is 144 Å². The first-order chi connectivity index (χ1) is 12.3. The van der Waals surface area contributed by atoms with E-state index in [2.05, 4.69) is 22.1 Å². The van der Waals surface area contributed by atoms with Gasteiger partial charge in [-0.1, -0.05) is 48.5 Å². The monoisotopic (exact) mass is 324 g/mol. The van der Waals surface area contributed by atoms with E-state index in [-0.39, 0.29) is 5.43 Å². The first-order valence-corrected chi connectivity index (χ1v) is 8.12. The third kappa shape index (κ3) is 3.00. The number of pyridine rings is 2. The van der Waals surface area contributed by atoms with Crippen molar-refractivity contribution in [2.45, 2.75) is 0 Å². The third-order valence-corrected chi connectivity index (χ3v) is 4.12. The molecule has 5 aromatic rings. The Balaban J connectivity index is 0.000000136.